The van der Waals surface area contributed by atoms with Crippen molar-refractivity contribution in [3.63, 3.8) is 0 Å². The fourth-order valence-corrected chi connectivity index (χ4v) is 4.07. The molecule has 3 N–H and O–H groups in total. The van der Waals surface area contributed by atoms with Crippen LogP contribution in [0, 0.1) is 0 Å². The number of nitrogens with one attached hydrogen (secondary N) is 3. The predicted molar refractivity (Wildman–Crippen MR) is 114 cm³/mol. The Bertz CT molecular complexity index is 827. The summed E-state index contributed by atoms with van der Waals surface area (Å²) < 4.78 is 5.68. The molecule has 2 atom stereocenters. The van der Waals surface area contributed by atoms with Crippen molar-refractivity contribution in [3.8, 4) is 5.75 Å². The third kappa shape index (κ3) is 6.33. The minimum absolute atomic E-state index is 0.0782. The molecule has 0 radical (unpaired) electrons. The normalized spacial score (nSPS) is 18.7. The van der Waals surface area contributed by atoms with E-state index < -0.39 is 0 Å². The number of rotatable bonds is 7. The standard InChI is InChI=1S/C20H25ClN4O3S/c1-2-22-20(27)25-16-6-4-3-5-15(16)24-19(26)17-12-29-18(23-17)11-28-14-9-7-13(21)8-10-14/h7-10,12,15-16H,2-6,11H2,1H3,(H,24,26)(H2,22,25,27)/t15-,16-/m0/s1. The SMILES string of the molecule is CCNC(=O)N[C@H]1CCCC[C@@H]1NC(=O)c1csc(COc2ccc(Cl)cc2)n1. The number of nitrogens with zero attached hydrogens (tertiary/aromatic N) is 1. The minimum atomic E-state index is -0.228. The maximum Gasteiger partial charge on any atom is 0.315 e. The number of hydrogen-bond donors (Lipinski definition) is 3. The molecule has 0 spiro atoms. The summed E-state index contributed by atoms with van der Waals surface area (Å²) in [6.45, 7) is 2.72. The molecule has 0 aliphatic heterocycles. The Morgan fingerprint density at radius 2 is 1.86 bits per heavy atom. The number of aromatic nitrogens is 1. The molecule has 1 saturated carbocycles. The number of ether oxygens (including phenoxy) is 1. The van der Waals surface area contributed by atoms with Gasteiger partial charge in [-0.15, -0.1) is 11.3 Å². The smallest absolute Gasteiger partial charge is 0.315 e. The molecule has 1 aliphatic rings. The third-order valence-electron chi connectivity index (χ3n) is 4.70. The summed E-state index contributed by atoms with van der Waals surface area (Å²) >= 11 is 7.24. The Hall–Kier alpha value is -2.32. The highest BCUT2D eigenvalue weighted by molar-refractivity contribution is 7.09. The predicted octanol–water partition coefficient (Wildman–Crippen LogP) is 3.74. The maximum atomic E-state index is 12.6. The summed E-state index contributed by atoms with van der Waals surface area (Å²) in [7, 11) is 0. The molecule has 1 aromatic carbocycles. The van der Waals surface area contributed by atoms with Crippen molar-refractivity contribution in [3.05, 3.63) is 45.4 Å². The summed E-state index contributed by atoms with van der Waals surface area (Å²) in [5, 5.41) is 11.8. The van der Waals surface area contributed by atoms with Gasteiger partial charge in [-0.3, -0.25) is 4.79 Å². The number of thiazole rings is 1. The Morgan fingerprint density at radius 1 is 1.17 bits per heavy atom. The lowest BCUT2D eigenvalue weighted by Crippen LogP contribution is -2.55. The Kier molecular flexibility index (Phi) is 7.71. The van der Waals surface area contributed by atoms with E-state index in [-0.39, 0.29) is 30.6 Å². The highest BCUT2D eigenvalue weighted by Crippen LogP contribution is 2.21. The summed E-state index contributed by atoms with van der Waals surface area (Å²) in [6.07, 6.45) is 3.74. The van der Waals surface area contributed by atoms with Gasteiger partial charge in [-0.2, -0.15) is 0 Å². The second kappa shape index (κ2) is 10.5. The summed E-state index contributed by atoms with van der Waals surface area (Å²) in [6, 6.07) is 6.71. The average Bonchev–Trinajstić information content (AvgIpc) is 3.18. The second-order valence-corrected chi connectivity index (χ2v) is 8.22. The first kappa shape index (κ1) is 21.4. The van der Waals surface area contributed by atoms with Gasteiger partial charge in [0.1, 0.15) is 23.1 Å². The lowest BCUT2D eigenvalue weighted by molar-refractivity contribution is 0.0911. The molecule has 3 amide bonds. The third-order valence-corrected chi connectivity index (χ3v) is 5.77. The number of carbonyl (C=O) groups is 2. The van der Waals surface area contributed by atoms with Crippen LogP contribution in [0.5, 0.6) is 5.75 Å². The molecule has 0 saturated heterocycles. The van der Waals surface area contributed by atoms with Crippen molar-refractivity contribution in [1.29, 1.82) is 0 Å². The molecule has 1 heterocycles. The van der Waals surface area contributed by atoms with Crippen molar-refractivity contribution in [1.82, 2.24) is 20.9 Å². The highest BCUT2D eigenvalue weighted by Gasteiger charge is 2.28. The van der Waals surface area contributed by atoms with Gasteiger partial charge in [-0.25, -0.2) is 9.78 Å². The van der Waals surface area contributed by atoms with Crippen LogP contribution < -0.4 is 20.7 Å². The van der Waals surface area contributed by atoms with E-state index in [0.29, 0.717) is 28.0 Å². The first-order chi connectivity index (χ1) is 14.0. The van der Waals surface area contributed by atoms with Crippen LogP contribution in [-0.2, 0) is 6.61 Å². The van der Waals surface area contributed by atoms with Gasteiger partial charge in [-0.05, 0) is 44.0 Å². The highest BCUT2D eigenvalue weighted by atomic mass is 35.5. The van der Waals surface area contributed by atoms with Gasteiger partial charge in [0.15, 0.2) is 0 Å². The van der Waals surface area contributed by atoms with Crippen LogP contribution >= 0.6 is 22.9 Å². The van der Waals surface area contributed by atoms with E-state index in [1.807, 2.05) is 6.92 Å². The van der Waals surface area contributed by atoms with Crippen LogP contribution in [0.25, 0.3) is 0 Å². The maximum absolute atomic E-state index is 12.6. The number of urea groups is 1. The summed E-state index contributed by atoms with van der Waals surface area (Å²) in [5.41, 5.74) is 0.368. The molecule has 7 nitrogen and oxygen atoms in total. The van der Waals surface area contributed by atoms with Crippen molar-refractivity contribution in [2.24, 2.45) is 0 Å². The fraction of sp³-hybridized carbons (Fsp3) is 0.450. The van der Waals surface area contributed by atoms with Crippen LogP contribution in [-0.4, -0.2) is 35.6 Å². The topological polar surface area (TPSA) is 92.4 Å². The average molecular weight is 437 g/mol. The van der Waals surface area contributed by atoms with E-state index in [9.17, 15) is 9.59 Å². The molecule has 0 unspecified atom stereocenters. The molecule has 0 bridgehead atoms. The van der Waals surface area contributed by atoms with Crippen LogP contribution in [0.2, 0.25) is 5.02 Å². The van der Waals surface area contributed by atoms with E-state index >= 15 is 0 Å². The molecule has 3 rings (SSSR count). The van der Waals surface area contributed by atoms with Crippen LogP contribution in [0.3, 0.4) is 0 Å². The second-order valence-electron chi connectivity index (χ2n) is 6.84. The molecule has 1 fully saturated rings. The zero-order valence-corrected chi connectivity index (χ0v) is 17.8. The lowest BCUT2D eigenvalue weighted by Gasteiger charge is -2.32. The van der Waals surface area contributed by atoms with Gasteiger partial charge in [0.05, 0.1) is 6.04 Å². The zero-order chi connectivity index (χ0) is 20.6. The minimum Gasteiger partial charge on any atom is -0.486 e. The summed E-state index contributed by atoms with van der Waals surface area (Å²) in [4.78, 5) is 28.9. The number of halogens is 1. The number of carbonyl (C=O) groups excluding carboxylic acids is 2. The zero-order valence-electron chi connectivity index (χ0n) is 16.2. The largest absolute Gasteiger partial charge is 0.486 e. The molecular weight excluding hydrogens is 412 g/mol. The molecule has 2 aromatic rings. The fourth-order valence-electron chi connectivity index (χ4n) is 3.26. The van der Waals surface area contributed by atoms with E-state index in [1.54, 1.807) is 29.6 Å². The Morgan fingerprint density at radius 3 is 2.55 bits per heavy atom. The van der Waals surface area contributed by atoms with Crippen LogP contribution in [0.15, 0.2) is 29.6 Å². The molecule has 9 heteroatoms. The van der Waals surface area contributed by atoms with Gasteiger partial charge in [-0.1, -0.05) is 24.4 Å². The van der Waals surface area contributed by atoms with Crippen LogP contribution in [0.4, 0.5) is 4.79 Å². The molecule has 29 heavy (non-hydrogen) atoms. The van der Waals surface area contributed by atoms with E-state index in [2.05, 4.69) is 20.9 Å². The van der Waals surface area contributed by atoms with Gasteiger partial charge in [0.25, 0.3) is 5.91 Å². The quantitative estimate of drug-likeness (QED) is 0.616. The van der Waals surface area contributed by atoms with Gasteiger partial charge in [0, 0.05) is 23.0 Å². The molecule has 1 aromatic heterocycles. The Labute approximate surface area is 179 Å². The molecule has 1 aliphatic carbocycles. The van der Waals surface area contributed by atoms with Crippen molar-refractivity contribution in [2.45, 2.75) is 51.3 Å². The van der Waals surface area contributed by atoms with Crippen molar-refractivity contribution in [2.75, 3.05) is 6.54 Å². The number of benzene rings is 1. The first-order valence-corrected chi connectivity index (χ1v) is 11.0. The van der Waals surface area contributed by atoms with Gasteiger partial charge < -0.3 is 20.7 Å². The summed E-state index contributed by atoms with van der Waals surface area (Å²) in [5.74, 6) is 0.464. The Balaban J connectivity index is 1.54. The molecule has 156 valence electrons. The lowest BCUT2D eigenvalue weighted by atomic mass is 9.90. The van der Waals surface area contributed by atoms with E-state index in [4.69, 9.17) is 16.3 Å². The van der Waals surface area contributed by atoms with Crippen molar-refractivity contribution < 1.29 is 14.3 Å². The molecular formula is C20H25ClN4O3S. The van der Waals surface area contributed by atoms with Gasteiger partial charge >= 0.3 is 6.03 Å². The van der Waals surface area contributed by atoms with Gasteiger partial charge in [0.2, 0.25) is 0 Å². The first-order valence-electron chi connectivity index (χ1n) is 9.73. The monoisotopic (exact) mass is 436 g/mol. The number of amides is 3. The van der Waals surface area contributed by atoms with Crippen molar-refractivity contribution >= 4 is 34.9 Å². The van der Waals surface area contributed by atoms with E-state index in [0.717, 1.165) is 25.7 Å². The van der Waals surface area contributed by atoms with E-state index in [1.165, 1.54) is 11.3 Å². The number of hydrogen-bond acceptors (Lipinski definition) is 5. The van der Waals surface area contributed by atoms with Crippen LogP contribution in [0.1, 0.15) is 48.1 Å².